The van der Waals surface area contributed by atoms with E-state index < -0.39 is 6.67 Å². The van der Waals surface area contributed by atoms with Gasteiger partial charge in [0.15, 0.2) is 0 Å². The van der Waals surface area contributed by atoms with Crippen LogP contribution < -0.4 is 10.2 Å². The number of alkyl halides is 1. The largest absolute Gasteiger partial charge is 0.381 e. The zero-order valence-corrected chi connectivity index (χ0v) is 21.7. The maximum atomic E-state index is 14.2. The van der Waals surface area contributed by atoms with Gasteiger partial charge in [-0.3, -0.25) is 4.79 Å². The molecule has 3 heterocycles. The van der Waals surface area contributed by atoms with E-state index in [0.717, 1.165) is 41.0 Å². The molecule has 7 nitrogen and oxygen atoms in total. The van der Waals surface area contributed by atoms with E-state index in [-0.39, 0.29) is 23.4 Å². The summed E-state index contributed by atoms with van der Waals surface area (Å²) in [6.45, 7) is 5.47. The lowest BCUT2D eigenvalue weighted by Gasteiger charge is -2.42. The highest BCUT2D eigenvalue weighted by Crippen LogP contribution is 2.39. The van der Waals surface area contributed by atoms with Crippen molar-refractivity contribution in [2.45, 2.75) is 63.8 Å². The Bertz CT molecular complexity index is 1330. The quantitative estimate of drug-likeness (QED) is 0.477. The molecule has 2 aromatic carbocycles. The number of aryl methyl sites for hydroxylation is 1. The average Bonchev–Trinajstić information content (AvgIpc) is 3.42. The Morgan fingerprint density at radius 3 is 2.65 bits per heavy atom. The number of carbonyl (C=O) groups excluding carboxylic acids is 1. The van der Waals surface area contributed by atoms with E-state index in [0.29, 0.717) is 36.8 Å². The van der Waals surface area contributed by atoms with Gasteiger partial charge in [-0.05, 0) is 73.6 Å². The molecule has 1 aliphatic carbocycles. The summed E-state index contributed by atoms with van der Waals surface area (Å²) in [5.41, 5.74) is 4.98. The molecule has 1 saturated carbocycles. The molecule has 37 heavy (non-hydrogen) atoms. The predicted molar refractivity (Wildman–Crippen MR) is 139 cm³/mol. The summed E-state index contributed by atoms with van der Waals surface area (Å²) in [5, 5.41) is 12.2. The molecule has 6 rings (SSSR count). The lowest BCUT2D eigenvalue weighted by molar-refractivity contribution is -0.0407. The molecule has 2 atom stereocenters. The molecule has 3 aliphatic rings. The molecule has 1 amide bonds. The minimum absolute atomic E-state index is 0.0223. The van der Waals surface area contributed by atoms with Crippen LogP contribution in [0.1, 0.15) is 83.5 Å². The third-order valence-corrected chi connectivity index (χ3v) is 8.52. The minimum Gasteiger partial charge on any atom is -0.381 e. The highest BCUT2D eigenvalue weighted by molar-refractivity contribution is 6.10. The number of amides is 1. The van der Waals surface area contributed by atoms with E-state index in [1.807, 2.05) is 35.9 Å². The Morgan fingerprint density at radius 2 is 2.03 bits per heavy atom. The number of fused-ring (bicyclic) bond motifs is 1. The van der Waals surface area contributed by atoms with Crippen LogP contribution in [0.2, 0.25) is 0 Å². The molecule has 1 aromatic heterocycles. The highest BCUT2D eigenvalue weighted by atomic mass is 19.1. The van der Waals surface area contributed by atoms with Crippen LogP contribution >= 0.6 is 0 Å². The van der Waals surface area contributed by atoms with Crippen LogP contribution in [-0.2, 0) is 25.0 Å². The van der Waals surface area contributed by atoms with E-state index >= 15 is 0 Å². The summed E-state index contributed by atoms with van der Waals surface area (Å²) in [5.74, 6) is 1.13. The fraction of sp³-hybridized carbons (Fsp3) is 0.483. The number of aromatic nitrogens is 3. The molecule has 2 aliphatic heterocycles. The van der Waals surface area contributed by atoms with Crippen molar-refractivity contribution in [1.29, 1.82) is 0 Å². The SMILES string of the molecule is C[C@@H](NC1(C)CCC1)c1cc(CF)c2c(c1)C(=O)N(c1cccc([C@H](c3nncn3C)C3COC3)c1)C2. The van der Waals surface area contributed by atoms with Crippen molar-refractivity contribution >= 4 is 11.6 Å². The molecule has 0 bridgehead atoms. The van der Waals surface area contributed by atoms with Crippen molar-refractivity contribution in [3.8, 4) is 0 Å². The summed E-state index contributed by atoms with van der Waals surface area (Å²) >= 11 is 0. The molecule has 8 heteroatoms. The Labute approximate surface area is 217 Å². The van der Waals surface area contributed by atoms with Crippen LogP contribution in [-0.4, -0.2) is 39.4 Å². The standard InChI is InChI=1S/C29H34FN5O2/c1-18(32-29(2)8-5-9-29)20-10-21(13-30)25-14-35(28(36)24(25)12-20)23-7-4-6-19(11-23)26(22-15-37-16-22)27-33-31-17-34(27)3/h4,6-7,10-12,17-18,22,26,32H,5,8-9,13-16H2,1-3H3/t18-,26+/m1/s1. The molecule has 1 N–H and O–H groups in total. The maximum absolute atomic E-state index is 14.2. The van der Waals surface area contributed by atoms with Gasteiger partial charge in [-0.25, -0.2) is 4.39 Å². The highest BCUT2D eigenvalue weighted by Gasteiger charge is 2.37. The van der Waals surface area contributed by atoms with Crippen molar-refractivity contribution in [3.63, 3.8) is 0 Å². The van der Waals surface area contributed by atoms with Crippen LogP contribution in [0, 0.1) is 5.92 Å². The number of nitrogens with zero attached hydrogens (tertiary/aromatic N) is 4. The fourth-order valence-corrected chi connectivity index (χ4v) is 6.08. The van der Waals surface area contributed by atoms with Gasteiger partial charge >= 0.3 is 0 Å². The first kappa shape index (κ1) is 24.2. The molecule has 3 aromatic rings. The van der Waals surface area contributed by atoms with Gasteiger partial charge < -0.3 is 19.5 Å². The third kappa shape index (κ3) is 4.26. The number of ether oxygens (including phenoxy) is 1. The predicted octanol–water partition coefficient (Wildman–Crippen LogP) is 4.82. The lowest BCUT2D eigenvalue weighted by atomic mass is 9.77. The Balaban J connectivity index is 1.31. The van der Waals surface area contributed by atoms with Crippen molar-refractivity contribution in [2.75, 3.05) is 18.1 Å². The number of hydrogen-bond donors (Lipinski definition) is 1. The topological polar surface area (TPSA) is 72.3 Å². The second-order valence-electron chi connectivity index (χ2n) is 11.2. The van der Waals surface area contributed by atoms with Gasteiger partial charge in [-0.15, -0.1) is 10.2 Å². The van der Waals surface area contributed by atoms with Crippen LogP contribution in [0.5, 0.6) is 0 Å². The fourth-order valence-electron chi connectivity index (χ4n) is 6.08. The van der Waals surface area contributed by atoms with Crippen LogP contribution in [0.4, 0.5) is 10.1 Å². The first-order valence-electron chi connectivity index (χ1n) is 13.2. The van der Waals surface area contributed by atoms with Gasteiger partial charge in [-0.1, -0.05) is 18.2 Å². The van der Waals surface area contributed by atoms with Crippen molar-refractivity contribution in [1.82, 2.24) is 20.1 Å². The van der Waals surface area contributed by atoms with Gasteiger partial charge in [-0.2, -0.15) is 0 Å². The Hall–Kier alpha value is -3.10. The van der Waals surface area contributed by atoms with Crippen molar-refractivity contribution in [3.05, 3.63) is 76.4 Å². The summed E-state index contributed by atoms with van der Waals surface area (Å²) < 4.78 is 21.7. The monoisotopic (exact) mass is 503 g/mol. The summed E-state index contributed by atoms with van der Waals surface area (Å²) in [7, 11) is 1.95. The second-order valence-corrected chi connectivity index (χ2v) is 11.2. The van der Waals surface area contributed by atoms with E-state index in [4.69, 9.17) is 4.74 Å². The Morgan fingerprint density at radius 1 is 1.22 bits per heavy atom. The maximum Gasteiger partial charge on any atom is 0.258 e. The Kier molecular flexibility index (Phi) is 6.12. The number of benzene rings is 2. The molecular formula is C29H34FN5O2. The zero-order chi connectivity index (χ0) is 25.7. The second kappa shape index (κ2) is 9.33. The summed E-state index contributed by atoms with van der Waals surface area (Å²) in [6.07, 6.45) is 5.23. The normalized spacial score (nSPS) is 20.3. The van der Waals surface area contributed by atoms with Crippen molar-refractivity contribution in [2.24, 2.45) is 13.0 Å². The van der Waals surface area contributed by atoms with Gasteiger partial charge in [0.05, 0.1) is 25.7 Å². The van der Waals surface area contributed by atoms with E-state index in [9.17, 15) is 9.18 Å². The number of halogens is 1. The molecule has 194 valence electrons. The third-order valence-electron chi connectivity index (χ3n) is 8.52. The molecule has 0 unspecified atom stereocenters. The smallest absolute Gasteiger partial charge is 0.258 e. The first-order valence-corrected chi connectivity index (χ1v) is 13.2. The van der Waals surface area contributed by atoms with Gasteiger partial charge in [0, 0.05) is 35.8 Å². The molecule has 0 radical (unpaired) electrons. The summed E-state index contributed by atoms with van der Waals surface area (Å²) in [6, 6.07) is 12.0. The number of carbonyl (C=O) groups is 1. The van der Waals surface area contributed by atoms with Gasteiger partial charge in [0.1, 0.15) is 18.8 Å². The molecule has 1 saturated heterocycles. The zero-order valence-electron chi connectivity index (χ0n) is 21.7. The van der Waals surface area contributed by atoms with E-state index in [2.05, 4.69) is 41.5 Å². The minimum atomic E-state index is -0.586. The number of anilines is 1. The first-order chi connectivity index (χ1) is 17.9. The molecular weight excluding hydrogens is 469 g/mol. The number of nitrogens with one attached hydrogen (secondary N) is 1. The van der Waals surface area contributed by atoms with Crippen molar-refractivity contribution < 1.29 is 13.9 Å². The molecule has 2 fully saturated rings. The average molecular weight is 504 g/mol. The molecule has 0 spiro atoms. The van der Waals surface area contributed by atoms with Gasteiger partial charge in [0.2, 0.25) is 0 Å². The summed E-state index contributed by atoms with van der Waals surface area (Å²) in [4.78, 5) is 15.5. The van der Waals surface area contributed by atoms with E-state index in [1.54, 1.807) is 11.2 Å². The van der Waals surface area contributed by atoms with Crippen LogP contribution in [0.3, 0.4) is 0 Å². The number of hydrogen-bond acceptors (Lipinski definition) is 5. The van der Waals surface area contributed by atoms with E-state index in [1.165, 1.54) is 6.42 Å². The lowest BCUT2D eigenvalue weighted by Crippen LogP contribution is -2.49. The van der Waals surface area contributed by atoms with Crippen LogP contribution in [0.25, 0.3) is 0 Å². The van der Waals surface area contributed by atoms with Gasteiger partial charge in [0.25, 0.3) is 5.91 Å². The van der Waals surface area contributed by atoms with Crippen LogP contribution in [0.15, 0.2) is 42.7 Å². The number of rotatable bonds is 8.